The number of aromatic nitrogens is 4. The number of fused-ring (bicyclic) bond motifs is 2. The average Bonchev–Trinajstić information content (AvgIpc) is 3.27. The van der Waals surface area contributed by atoms with Crippen LogP contribution >= 0.6 is 0 Å². The molecule has 13 heteroatoms. The van der Waals surface area contributed by atoms with Crippen molar-refractivity contribution in [3.05, 3.63) is 36.2 Å². The highest BCUT2D eigenvalue weighted by atomic mass is 19.3. The first-order valence-corrected chi connectivity index (χ1v) is 15.6. The number of nitrogens with zero attached hydrogens (tertiary/aromatic N) is 6. The topological polar surface area (TPSA) is 115 Å². The summed E-state index contributed by atoms with van der Waals surface area (Å²) in [5.41, 5.74) is 0.0896. The van der Waals surface area contributed by atoms with Gasteiger partial charge < -0.3 is 19.5 Å². The Morgan fingerprint density at radius 3 is 2.64 bits per heavy atom. The Morgan fingerprint density at radius 2 is 1.91 bits per heavy atom. The molecule has 0 radical (unpaired) electrons. The Hall–Kier alpha value is -3.26. The molecule has 1 aromatic carbocycles. The number of para-hydroxylation sites is 2. The Kier molecular flexibility index (Phi) is 7.34. The zero-order valence-corrected chi connectivity index (χ0v) is 25.2. The number of quaternary nitrogens is 1. The first-order chi connectivity index (χ1) is 21.1. The van der Waals surface area contributed by atoms with Crippen LogP contribution in [0.25, 0.3) is 16.9 Å². The maximum Gasteiger partial charge on any atom is 0.331 e. The van der Waals surface area contributed by atoms with Crippen molar-refractivity contribution in [1.82, 2.24) is 24.8 Å². The molecule has 1 aliphatic carbocycles. The number of morpholine rings is 1. The second-order valence-corrected chi connectivity index (χ2v) is 13.3. The molecule has 4 aliphatic rings. The predicted octanol–water partition coefficient (Wildman–Crippen LogP) is 3.14. The second kappa shape index (κ2) is 11.0. The Balaban J connectivity index is 1.11. The maximum absolute atomic E-state index is 14.2. The first kappa shape index (κ1) is 29.5. The van der Waals surface area contributed by atoms with E-state index in [9.17, 15) is 18.7 Å². The smallest absolute Gasteiger partial charge is 0.331 e. The largest absolute Gasteiger partial charge is 0.474 e. The highest BCUT2D eigenvalue weighted by Crippen LogP contribution is 2.55. The molecule has 236 valence electrons. The van der Waals surface area contributed by atoms with Crippen molar-refractivity contribution >= 4 is 22.9 Å². The Morgan fingerprint density at radius 1 is 1.16 bits per heavy atom. The summed E-state index contributed by atoms with van der Waals surface area (Å²) in [5, 5.41) is 13.4. The lowest BCUT2D eigenvalue weighted by molar-refractivity contribution is -0.744. The summed E-state index contributed by atoms with van der Waals surface area (Å²) in [7, 11) is 0. The summed E-state index contributed by atoms with van der Waals surface area (Å²) in [6.07, 6.45) is 1.17. The number of anilines is 1. The molecular weight excluding hydrogens is 572 g/mol. The fourth-order valence-corrected chi connectivity index (χ4v) is 7.45. The normalized spacial score (nSPS) is 29.0. The van der Waals surface area contributed by atoms with Gasteiger partial charge in [0.05, 0.1) is 36.4 Å². The van der Waals surface area contributed by atoms with Crippen molar-refractivity contribution in [2.75, 3.05) is 50.8 Å². The lowest BCUT2D eigenvalue weighted by Crippen LogP contribution is -2.48. The summed E-state index contributed by atoms with van der Waals surface area (Å²) < 4.78 is 42.3. The first-order valence-electron chi connectivity index (χ1n) is 15.6. The number of benzene rings is 1. The lowest BCUT2D eigenvalue weighted by Gasteiger charge is -2.30. The summed E-state index contributed by atoms with van der Waals surface area (Å²) in [6, 6.07) is 8.44. The molecule has 2 atom stereocenters. The molecule has 3 aromatic rings. The summed E-state index contributed by atoms with van der Waals surface area (Å²) in [6.45, 7) is 7.78. The summed E-state index contributed by atoms with van der Waals surface area (Å²) in [4.78, 5) is 29.1. The number of alkyl halides is 2. The van der Waals surface area contributed by atoms with Gasteiger partial charge in [-0.3, -0.25) is 9.88 Å². The number of imidazole rings is 1. The molecule has 1 amide bonds. The van der Waals surface area contributed by atoms with Gasteiger partial charge >= 0.3 is 5.91 Å². The van der Waals surface area contributed by atoms with Gasteiger partial charge in [-0.05, 0) is 38.8 Å². The third-order valence-electron chi connectivity index (χ3n) is 9.80. The zero-order valence-electron chi connectivity index (χ0n) is 25.2. The van der Waals surface area contributed by atoms with E-state index < -0.39 is 12.0 Å². The van der Waals surface area contributed by atoms with Crippen LogP contribution in [0.15, 0.2) is 30.3 Å². The molecule has 0 bridgehead atoms. The van der Waals surface area contributed by atoms with Crippen LogP contribution in [0.4, 0.5) is 14.7 Å². The fourth-order valence-electron chi connectivity index (χ4n) is 7.45. The minimum atomic E-state index is -2.80. The second-order valence-electron chi connectivity index (χ2n) is 13.3. The lowest BCUT2D eigenvalue weighted by atomic mass is 9.86. The third kappa shape index (κ3) is 5.23. The van der Waals surface area contributed by atoms with E-state index in [2.05, 4.69) is 10.3 Å². The van der Waals surface area contributed by atoms with Crippen LogP contribution < -0.4 is 15.0 Å². The summed E-state index contributed by atoms with van der Waals surface area (Å²) in [5.74, 6) is 0.892. The predicted molar refractivity (Wildman–Crippen MR) is 158 cm³/mol. The third-order valence-corrected chi connectivity index (χ3v) is 9.80. The van der Waals surface area contributed by atoms with E-state index in [0.29, 0.717) is 60.2 Å². The number of aliphatic hydroxyl groups is 1. The van der Waals surface area contributed by atoms with Crippen LogP contribution in [0, 0.1) is 0 Å². The standard InChI is InChI=1S/C31H40F2N7O4/c1-30(2,42)18-34-22-9-14-40(28(22)41)19-31(40)10-7-20(8-11-31)44-25-17-24(36-29(37-25)38-12-15-43-16-13-38)39-23-6-4-3-5-21(23)35-27(39)26(32)33/h3-6,17,20,22,26,34,42H,7-16,18-19H2,1-2H3/q+1/t20?,22-,31?,40?/m0/s1. The van der Waals surface area contributed by atoms with Gasteiger partial charge in [0.15, 0.2) is 11.4 Å². The number of halogens is 2. The van der Waals surface area contributed by atoms with Gasteiger partial charge in [-0.1, -0.05) is 12.1 Å². The average molecular weight is 613 g/mol. The molecule has 1 unspecified atom stereocenters. The van der Waals surface area contributed by atoms with E-state index >= 15 is 0 Å². The molecule has 7 rings (SSSR count). The Bertz CT molecular complexity index is 1550. The molecule has 4 fully saturated rings. The van der Waals surface area contributed by atoms with Crippen molar-refractivity contribution < 1.29 is 32.6 Å². The van der Waals surface area contributed by atoms with Gasteiger partial charge in [-0.25, -0.2) is 23.0 Å². The number of carbonyl (C=O) groups excluding carboxylic acids is 1. The van der Waals surface area contributed by atoms with Crippen molar-refractivity contribution in [2.24, 2.45) is 0 Å². The van der Waals surface area contributed by atoms with Crippen molar-refractivity contribution in [3.8, 4) is 11.7 Å². The number of carbonyl (C=O) groups is 1. The van der Waals surface area contributed by atoms with Gasteiger partial charge in [0.25, 0.3) is 6.43 Å². The molecule has 3 aliphatic heterocycles. The van der Waals surface area contributed by atoms with Gasteiger partial charge in [0.2, 0.25) is 11.8 Å². The van der Waals surface area contributed by atoms with E-state index in [1.807, 2.05) is 4.90 Å². The molecule has 11 nitrogen and oxygen atoms in total. The number of nitrogens with one attached hydrogen (secondary N) is 1. The molecule has 2 aromatic heterocycles. The molecular formula is C31H40F2N7O4+. The Labute approximate surface area is 254 Å². The molecule has 3 saturated heterocycles. The van der Waals surface area contributed by atoms with E-state index in [4.69, 9.17) is 19.4 Å². The number of ether oxygens (including phenoxy) is 2. The number of hydrogen-bond donors (Lipinski definition) is 2. The molecule has 2 N–H and O–H groups in total. The highest BCUT2D eigenvalue weighted by Gasteiger charge is 2.76. The zero-order chi connectivity index (χ0) is 30.7. The van der Waals surface area contributed by atoms with Crippen LogP contribution in [-0.2, 0) is 9.53 Å². The number of hydrogen-bond acceptors (Lipinski definition) is 9. The van der Waals surface area contributed by atoms with Gasteiger partial charge in [-0.15, -0.1) is 0 Å². The fraction of sp³-hybridized carbons (Fsp3) is 0.613. The van der Waals surface area contributed by atoms with Crippen LogP contribution in [-0.4, -0.2) is 104 Å². The van der Waals surface area contributed by atoms with E-state index in [-0.39, 0.29) is 35.2 Å². The number of rotatable bonds is 8. The van der Waals surface area contributed by atoms with Gasteiger partial charge in [0, 0.05) is 45.0 Å². The minimum Gasteiger partial charge on any atom is -0.474 e. The van der Waals surface area contributed by atoms with Crippen LogP contribution in [0.3, 0.4) is 0 Å². The van der Waals surface area contributed by atoms with Crippen molar-refractivity contribution in [2.45, 2.75) is 75.7 Å². The van der Waals surface area contributed by atoms with E-state index in [1.165, 1.54) is 4.57 Å². The van der Waals surface area contributed by atoms with Crippen molar-refractivity contribution in [3.63, 3.8) is 0 Å². The molecule has 1 saturated carbocycles. The van der Waals surface area contributed by atoms with Gasteiger partial charge in [0.1, 0.15) is 24.5 Å². The van der Waals surface area contributed by atoms with Gasteiger partial charge in [-0.2, -0.15) is 9.97 Å². The van der Waals surface area contributed by atoms with E-state index in [0.717, 1.165) is 45.2 Å². The van der Waals surface area contributed by atoms with E-state index in [1.54, 1.807) is 44.2 Å². The highest BCUT2D eigenvalue weighted by molar-refractivity contribution is 5.79. The van der Waals surface area contributed by atoms with Crippen molar-refractivity contribution in [1.29, 1.82) is 0 Å². The monoisotopic (exact) mass is 612 g/mol. The minimum absolute atomic E-state index is 0.0419. The van der Waals surface area contributed by atoms with Crippen LogP contribution in [0.2, 0.25) is 0 Å². The van der Waals surface area contributed by atoms with Crippen LogP contribution in [0.1, 0.15) is 58.2 Å². The number of amides is 1. The molecule has 2 spiro atoms. The maximum atomic E-state index is 14.2. The van der Waals surface area contributed by atoms with Crippen LogP contribution in [0.5, 0.6) is 5.88 Å². The molecule has 5 heterocycles. The molecule has 44 heavy (non-hydrogen) atoms. The quantitative estimate of drug-likeness (QED) is 0.293. The SMILES string of the molecule is CC(C)(O)CN[C@H]1CC[N+]2(CC23CCC(Oc2cc(-n4c(C(F)F)nc5ccccc54)nc(N4CCOCC4)n2)CC3)C1=O. The summed E-state index contributed by atoms with van der Waals surface area (Å²) >= 11 is 0.